The number of hydrogen-bond donors (Lipinski definition) is 0. The minimum Gasteiger partial charge on any atom is -0.381 e. The molecule has 0 spiro atoms. The lowest BCUT2D eigenvalue weighted by molar-refractivity contribution is 0.0601. The lowest BCUT2D eigenvalue weighted by Crippen LogP contribution is -2.18. The Labute approximate surface area is 172 Å². The summed E-state index contributed by atoms with van der Waals surface area (Å²) in [6.07, 6.45) is 4.76. The number of carbonyl (C=O) groups excluding carboxylic acids is 1. The first-order valence-electron chi connectivity index (χ1n) is 9.73. The molecule has 0 aliphatic carbocycles. The zero-order chi connectivity index (χ0) is 19.8. The predicted molar refractivity (Wildman–Crippen MR) is 111 cm³/mol. The van der Waals surface area contributed by atoms with Crippen LogP contribution >= 0.6 is 11.3 Å². The molecule has 0 atom stereocenters. The average molecular weight is 405 g/mol. The summed E-state index contributed by atoms with van der Waals surface area (Å²) in [4.78, 5) is 32.7. The summed E-state index contributed by atoms with van der Waals surface area (Å²) in [7, 11) is 0. The molecule has 8 heteroatoms. The highest BCUT2D eigenvalue weighted by Gasteiger charge is 2.26. The molecule has 3 aromatic rings. The molecule has 1 fully saturated rings. The maximum atomic E-state index is 12.8. The normalized spacial score (nSPS) is 16.7. The number of thiazole rings is 1. The van der Waals surface area contributed by atoms with Gasteiger partial charge in [-0.2, -0.15) is 0 Å². The van der Waals surface area contributed by atoms with Crippen molar-refractivity contribution < 1.29 is 9.53 Å². The predicted octanol–water partition coefficient (Wildman–Crippen LogP) is 4.33. The first kappa shape index (κ1) is 18.2. The van der Waals surface area contributed by atoms with Crippen LogP contribution in [0.2, 0.25) is 0 Å². The van der Waals surface area contributed by atoms with E-state index in [9.17, 15) is 4.79 Å². The van der Waals surface area contributed by atoms with E-state index >= 15 is 0 Å². The average Bonchev–Trinajstić information content (AvgIpc) is 3.38. The molecule has 2 aromatic heterocycles. The molecule has 146 valence electrons. The first-order chi connectivity index (χ1) is 14.2. The number of ketones is 1. The van der Waals surface area contributed by atoms with Crippen molar-refractivity contribution in [3.8, 4) is 0 Å². The van der Waals surface area contributed by atoms with Gasteiger partial charge < -0.3 is 9.64 Å². The lowest BCUT2D eigenvalue weighted by Gasteiger charge is -2.20. The Morgan fingerprint density at radius 1 is 1.31 bits per heavy atom. The quantitative estimate of drug-likeness (QED) is 0.475. The molecule has 7 nitrogen and oxygen atoms in total. The van der Waals surface area contributed by atoms with Crippen LogP contribution in [0, 0.1) is 12.5 Å². The van der Waals surface area contributed by atoms with Crippen LogP contribution in [-0.4, -0.2) is 40.5 Å². The Hall–Kier alpha value is -2.89. The van der Waals surface area contributed by atoms with E-state index in [2.05, 4.69) is 24.7 Å². The molecule has 0 saturated carbocycles. The largest absolute Gasteiger partial charge is 0.381 e. The molecule has 29 heavy (non-hydrogen) atoms. The Morgan fingerprint density at radius 2 is 2.17 bits per heavy atom. The van der Waals surface area contributed by atoms with E-state index in [1.807, 2.05) is 18.2 Å². The number of ether oxygens (including phenoxy) is 1. The third-order valence-corrected chi connectivity index (χ3v) is 6.58. The Bertz CT molecular complexity index is 1130. The van der Waals surface area contributed by atoms with Gasteiger partial charge in [0.25, 0.3) is 0 Å². The fourth-order valence-electron chi connectivity index (χ4n) is 4.04. The van der Waals surface area contributed by atoms with E-state index < -0.39 is 0 Å². The van der Waals surface area contributed by atoms with E-state index in [1.165, 1.54) is 17.7 Å². The van der Waals surface area contributed by atoms with Crippen LogP contribution in [0.25, 0.3) is 15.2 Å². The maximum Gasteiger partial charge on any atom is 0.191 e. The Balaban J connectivity index is 1.46. The molecule has 2 aliphatic rings. The fraction of sp³-hybridized carbons (Fsp3) is 0.381. The zero-order valence-corrected chi connectivity index (χ0v) is 16.6. The first-order valence-corrected chi connectivity index (χ1v) is 10.5. The van der Waals surface area contributed by atoms with E-state index in [-0.39, 0.29) is 5.78 Å². The summed E-state index contributed by atoms with van der Waals surface area (Å²) < 4.78 is 5.39. The van der Waals surface area contributed by atoms with Crippen molar-refractivity contribution in [1.82, 2.24) is 15.0 Å². The van der Waals surface area contributed by atoms with Crippen molar-refractivity contribution >= 4 is 44.7 Å². The van der Waals surface area contributed by atoms with Gasteiger partial charge in [0.2, 0.25) is 0 Å². The number of hydrogen-bond acceptors (Lipinski definition) is 7. The Morgan fingerprint density at radius 3 is 3.00 bits per heavy atom. The van der Waals surface area contributed by atoms with E-state index in [1.54, 1.807) is 0 Å². The van der Waals surface area contributed by atoms with Gasteiger partial charge in [0.1, 0.15) is 16.7 Å². The number of carbonyl (C=O) groups is 1. The summed E-state index contributed by atoms with van der Waals surface area (Å²) >= 11 is 1.34. The number of nitrogens with zero attached hydrogens (tertiary/aromatic N) is 5. The van der Waals surface area contributed by atoms with Crippen LogP contribution in [0.1, 0.15) is 34.6 Å². The van der Waals surface area contributed by atoms with Gasteiger partial charge in [0.15, 0.2) is 22.3 Å². The molecular weight excluding hydrogens is 386 g/mol. The second-order valence-electron chi connectivity index (χ2n) is 7.38. The minimum absolute atomic E-state index is 0.0781. The topological polar surface area (TPSA) is 72.6 Å². The molecule has 1 saturated heterocycles. The zero-order valence-electron chi connectivity index (χ0n) is 15.8. The van der Waals surface area contributed by atoms with E-state index in [0.29, 0.717) is 28.6 Å². The van der Waals surface area contributed by atoms with Crippen LogP contribution in [0.4, 0.5) is 17.2 Å². The van der Waals surface area contributed by atoms with Gasteiger partial charge in [0.05, 0.1) is 6.57 Å². The van der Waals surface area contributed by atoms with Crippen molar-refractivity contribution in [3.63, 3.8) is 0 Å². The second kappa shape index (κ2) is 7.50. The molecule has 0 bridgehead atoms. The van der Waals surface area contributed by atoms with E-state index in [4.69, 9.17) is 11.3 Å². The second-order valence-corrected chi connectivity index (χ2v) is 8.36. The standard InChI is InChI=1S/C21H19N5O2S/c1-22-15-2-3-16-14(11-15)4-7-26(16)19-18-21(24-12-23-19)29-20(25-18)17(27)10-13-5-8-28-9-6-13/h2-3,11-13H,4-10H2. The number of anilines is 2. The number of fused-ring (bicyclic) bond motifs is 2. The van der Waals surface area contributed by atoms with Crippen molar-refractivity contribution in [2.45, 2.75) is 25.7 Å². The van der Waals surface area contributed by atoms with Gasteiger partial charge in [-0.1, -0.05) is 23.5 Å². The molecule has 2 aliphatic heterocycles. The lowest BCUT2D eigenvalue weighted by atomic mass is 9.94. The Kier molecular flexibility index (Phi) is 4.70. The van der Waals surface area contributed by atoms with Crippen LogP contribution in [0.3, 0.4) is 0 Å². The summed E-state index contributed by atoms with van der Waals surface area (Å²) in [6, 6.07) is 5.73. The van der Waals surface area contributed by atoms with Crippen molar-refractivity contribution in [1.29, 1.82) is 0 Å². The van der Waals surface area contributed by atoms with Gasteiger partial charge in [-0.3, -0.25) is 4.79 Å². The summed E-state index contributed by atoms with van der Waals surface area (Å²) in [5, 5.41) is 0.510. The smallest absolute Gasteiger partial charge is 0.191 e. The maximum absolute atomic E-state index is 12.8. The van der Waals surface area contributed by atoms with Crippen LogP contribution < -0.4 is 4.90 Å². The third kappa shape index (κ3) is 3.37. The fourth-order valence-corrected chi connectivity index (χ4v) is 4.89. The molecule has 5 rings (SSSR count). The number of benzene rings is 1. The third-order valence-electron chi connectivity index (χ3n) is 5.57. The summed E-state index contributed by atoms with van der Waals surface area (Å²) in [6.45, 7) is 9.44. The molecule has 0 unspecified atom stereocenters. The molecule has 0 amide bonds. The van der Waals surface area contributed by atoms with Gasteiger partial charge in [-0.05, 0) is 36.8 Å². The van der Waals surface area contributed by atoms with Crippen molar-refractivity contribution in [3.05, 3.63) is 46.5 Å². The van der Waals surface area contributed by atoms with Crippen LogP contribution in [-0.2, 0) is 11.2 Å². The minimum atomic E-state index is 0.0781. The van der Waals surface area contributed by atoms with Gasteiger partial charge in [-0.15, -0.1) is 0 Å². The summed E-state index contributed by atoms with van der Waals surface area (Å²) in [5.41, 5.74) is 3.50. The number of aromatic nitrogens is 3. The van der Waals surface area contributed by atoms with Gasteiger partial charge in [-0.25, -0.2) is 19.8 Å². The van der Waals surface area contributed by atoms with Crippen LogP contribution in [0.5, 0.6) is 0 Å². The molecule has 1 aromatic carbocycles. The van der Waals surface area contributed by atoms with Crippen molar-refractivity contribution in [2.75, 3.05) is 24.7 Å². The SMILES string of the molecule is [C-]#[N+]c1ccc2c(c1)CCN2c1ncnc2sc(C(=O)CC3CCOCC3)nc12. The molecule has 0 radical (unpaired) electrons. The monoisotopic (exact) mass is 405 g/mol. The number of rotatable bonds is 4. The molecular formula is C21H19N5O2S. The highest BCUT2D eigenvalue weighted by Crippen LogP contribution is 2.39. The molecule has 4 heterocycles. The van der Waals surface area contributed by atoms with Crippen LogP contribution in [0.15, 0.2) is 24.5 Å². The highest BCUT2D eigenvalue weighted by molar-refractivity contribution is 7.20. The number of Topliss-reactive ketones (excluding diaryl/α,β-unsaturated/α-hetero) is 1. The van der Waals surface area contributed by atoms with Crippen molar-refractivity contribution in [2.24, 2.45) is 5.92 Å². The van der Waals surface area contributed by atoms with Gasteiger partial charge in [0, 0.05) is 31.9 Å². The highest BCUT2D eigenvalue weighted by atomic mass is 32.1. The van der Waals surface area contributed by atoms with E-state index in [0.717, 1.165) is 60.9 Å². The molecule has 0 N–H and O–H groups in total. The van der Waals surface area contributed by atoms with Gasteiger partial charge >= 0.3 is 0 Å². The summed E-state index contributed by atoms with van der Waals surface area (Å²) in [5.74, 6) is 1.18.